The van der Waals surface area contributed by atoms with Crippen LogP contribution in [0.15, 0.2) is 158 Å². The first-order valence-corrected chi connectivity index (χ1v) is 17.6. The van der Waals surface area contributed by atoms with Crippen molar-refractivity contribution >= 4 is 129 Å². The van der Waals surface area contributed by atoms with Gasteiger partial charge in [-0.15, -0.1) is 0 Å². The summed E-state index contributed by atoms with van der Waals surface area (Å²) in [5, 5.41) is 31.9. The molecule has 0 aliphatic rings. The van der Waals surface area contributed by atoms with Crippen molar-refractivity contribution in [2.45, 2.75) is 0 Å². The van der Waals surface area contributed by atoms with Gasteiger partial charge in [0.2, 0.25) is 0 Å². The van der Waals surface area contributed by atoms with Crippen LogP contribution in [0.4, 0.5) is 0 Å². The molecule has 226 valence electrons. The maximum atomic E-state index is 2.58. The lowest BCUT2D eigenvalue weighted by molar-refractivity contribution is 1.79. The van der Waals surface area contributed by atoms with Gasteiger partial charge in [0.15, 0.2) is 0 Å². The molecular weight excluding hydrogens is 601 g/mol. The highest BCUT2D eigenvalue weighted by atomic mass is 14.3. The Kier molecular flexibility index (Phi) is 4.46. The van der Waals surface area contributed by atoms with Gasteiger partial charge in [-0.1, -0.05) is 121 Å². The molecule has 0 fully saturated rings. The minimum atomic E-state index is 1.29. The Bertz CT molecular complexity index is 3160. The topological polar surface area (TPSA) is 0 Å². The van der Waals surface area contributed by atoms with Crippen molar-refractivity contribution in [2.24, 2.45) is 0 Å². The molecule has 0 atom stereocenters. The van der Waals surface area contributed by atoms with Gasteiger partial charge < -0.3 is 0 Å². The Morgan fingerprint density at radius 2 is 0.400 bits per heavy atom. The fraction of sp³-hybridized carbons (Fsp3) is 0. The van der Waals surface area contributed by atoms with Crippen LogP contribution < -0.4 is 0 Å². The summed E-state index contributed by atoms with van der Waals surface area (Å²) >= 11 is 0. The number of hydrogen-bond donors (Lipinski definition) is 0. The zero-order chi connectivity index (χ0) is 32.2. The molecule has 0 amide bonds. The number of benzene rings is 13. The van der Waals surface area contributed by atoms with Gasteiger partial charge >= 0.3 is 0 Å². The molecular formula is C50H26. The summed E-state index contributed by atoms with van der Waals surface area (Å²) in [5.41, 5.74) is 0. The molecule has 0 heterocycles. The van der Waals surface area contributed by atoms with Crippen LogP contribution in [0.1, 0.15) is 0 Å². The van der Waals surface area contributed by atoms with E-state index in [0.29, 0.717) is 0 Å². The van der Waals surface area contributed by atoms with Crippen molar-refractivity contribution in [2.75, 3.05) is 0 Å². The summed E-state index contributed by atoms with van der Waals surface area (Å²) in [6, 6.07) is 60.1. The second-order valence-electron chi connectivity index (χ2n) is 14.4. The lowest BCUT2D eigenvalue weighted by Crippen LogP contribution is -1.93. The van der Waals surface area contributed by atoms with Gasteiger partial charge in [0.25, 0.3) is 0 Å². The van der Waals surface area contributed by atoms with E-state index in [4.69, 9.17) is 0 Å². The van der Waals surface area contributed by atoms with Gasteiger partial charge in [0, 0.05) is 0 Å². The van der Waals surface area contributed by atoms with Crippen LogP contribution in [0.25, 0.3) is 129 Å². The molecule has 0 nitrogen and oxygen atoms in total. The maximum Gasteiger partial charge on any atom is -0.00136 e. The molecule has 13 aromatic rings. The molecule has 0 aromatic heterocycles. The highest BCUT2D eigenvalue weighted by Crippen LogP contribution is 2.51. The highest BCUT2D eigenvalue weighted by Gasteiger charge is 2.22. The molecule has 0 radical (unpaired) electrons. The molecule has 0 spiro atoms. The summed E-state index contributed by atoms with van der Waals surface area (Å²) in [4.78, 5) is 0. The Balaban J connectivity index is 1.45. The Labute approximate surface area is 286 Å². The van der Waals surface area contributed by atoms with Gasteiger partial charge in [-0.25, -0.2) is 0 Å². The van der Waals surface area contributed by atoms with Crippen LogP contribution in [0.3, 0.4) is 0 Å². The SMILES string of the molecule is c1ccc2c(c1)cc1ccc3cc4ccccc4c4c5cc6c(cc5c2c1c34)c1c2ccccc2cc2ccc3cc4ccccc4c6c3c21. The van der Waals surface area contributed by atoms with Gasteiger partial charge in [0.1, 0.15) is 0 Å². The summed E-state index contributed by atoms with van der Waals surface area (Å²) in [6.07, 6.45) is 0. The first-order chi connectivity index (χ1) is 24.8. The van der Waals surface area contributed by atoms with Crippen LogP contribution in [0.5, 0.6) is 0 Å². The number of rotatable bonds is 0. The minimum Gasteiger partial charge on any atom is -0.0616 e. The zero-order valence-corrected chi connectivity index (χ0v) is 27.0. The summed E-state index contributed by atoms with van der Waals surface area (Å²) in [6.45, 7) is 0. The molecule has 13 rings (SSSR count). The largest absolute Gasteiger partial charge is 0.0616 e. The molecule has 0 N–H and O–H groups in total. The van der Waals surface area contributed by atoms with Gasteiger partial charge in [0.05, 0.1) is 0 Å². The second kappa shape index (κ2) is 8.74. The monoisotopic (exact) mass is 626 g/mol. The first kappa shape index (κ1) is 25.5. The minimum absolute atomic E-state index is 1.29. The van der Waals surface area contributed by atoms with E-state index in [1.807, 2.05) is 0 Å². The standard InChI is InChI=1S/C50H26/c1-5-13-35-27(9-1)21-31-17-18-32-22-28-10-2-6-14-36(28)48-40-26-42-41(25-39(40)47(35)43(31)44(32)48)49-37-15-7-3-11-29(37)23-33-19-20-34-24-30-12-4-8-16-38(30)50(42)46(34)45(33)49/h1-26H. The molecule has 13 aromatic carbocycles. The predicted molar refractivity (Wildman–Crippen MR) is 219 cm³/mol. The maximum absolute atomic E-state index is 2.58. The number of fused-ring (bicyclic) bond motifs is 14. The van der Waals surface area contributed by atoms with E-state index in [9.17, 15) is 0 Å². The molecule has 0 heteroatoms. The van der Waals surface area contributed by atoms with Crippen molar-refractivity contribution in [1.29, 1.82) is 0 Å². The number of hydrogen-bond acceptors (Lipinski definition) is 0. The van der Waals surface area contributed by atoms with E-state index in [-0.39, 0.29) is 0 Å². The lowest BCUT2D eigenvalue weighted by Gasteiger charge is -2.22. The average Bonchev–Trinajstić information content (AvgIpc) is 3.17. The fourth-order valence-corrected chi connectivity index (χ4v) is 9.99. The molecule has 0 bridgehead atoms. The summed E-state index contributed by atoms with van der Waals surface area (Å²) < 4.78 is 0. The van der Waals surface area contributed by atoms with Crippen LogP contribution in [-0.4, -0.2) is 0 Å². The van der Waals surface area contributed by atoms with Crippen LogP contribution in [0.2, 0.25) is 0 Å². The van der Waals surface area contributed by atoms with Gasteiger partial charge in [-0.3, -0.25) is 0 Å². The molecule has 0 saturated heterocycles. The molecule has 50 heavy (non-hydrogen) atoms. The third-order valence-corrected chi connectivity index (χ3v) is 11.9. The molecule has 0 aliphatic heterocycles. The van der Waals surface area contributed by atoms with Crippen molar-refractivity contribution in [3.63, 3.8) is 0 Å². The Morgan fingerprint density at radius 1 is 0.160 bits per heavy atom. The third kappa shape index (κ3) is 2.97. The predicted octanol–water partition coefficient (Wildman–Crippen LogP) is 14.4. The van der Waals surface area contributed by atoms with E-state index in [2.05, 4.69) is 158 Å². The highest BCUT2D eigenvalue weighted by molar-refractivity contribution is 6.47. The van der Waals surface area contributed by atoms with E-state index >= 15 is 0 Å². The quantitative estimate of drug-likeness (QED) is 0.116. The Hall–Kier alpha value is -6.50. The van der Waals surface area contributed by atoms with Crippen molar-refractivity contribution < 1.29 is 0 Å². The second-order valence-corrected chi connectivity index (χ2v) is 14.4. The van der Waals surface area contributed by atoms with E-state index in [1.165, 1.54) is 129 Å². The lowest BCUT2D eigenvalue weighted by atomic mass is 9.81. The van der Waals surface area contributed by atoms with E-state index in [0.717, 1.165) is 0 Å². The fourth-order valence-electron chi connectivity index (χ4n) is 9.99. The first-order valence-electron chi connectivity index (χ1n) is 17.6. The van der Waals surface area contributed by atoms with Crippen molar-refractivity contribution in [3.8, 4) is 0 Å². The molecule has 0 saturated carbocycles. The van der Waals surface area contributed by atoms with E-state index in [1.54, 1.807) is 0 Å². The summed E-state index contributed by atoms with van der Waals surface area (Å²) in [7, 11) is 0. The third-order valence-electron chi connectivity index (χ3n) is 11.9. The van der Waals surface area contributed by atoms with Crippen LogP contribution in [0, 0.1) is 0 Å². The zero-order valence-electron chi connectivity index (χ0n) is 27.0. The van der Waals surface area contributed by atoms with Crippen LogP contribution >= 0.6 is 0 Å². The van der Waals surface area contributed by atoms with Crippen molar-refractivity contribution in [1.82, 2.24) is 0 Å². The summed E-state index contributed by atoms with van der Waals surface area (Å²) in [5.74, 6) is 0. The van der Waals surface area contributed by atoms with Gasteiger partial charge in [-0.2, -0.15) is 0 Å². The van der Waals surface area contributed by atoms with Crippen molar-refractivity contribution in [3.05, 3.63) is 158 Å². The Morgan fingerprint density at radius 3 is 0.660 bits per heavy atom. The molecule has 0 unspecified atom stereocenters. The van der Waals surface area contributed by atoms with E-state index < -0.39 is 0 Å². The van der Waals surface area contributed by atoms with Crippen LogP contribution in [-0.2, 0) is 0 Å². The molecule has 0 aliphatic carbocycles. The van der Waals surface area contributed by atoms with Gasteiger partial charge in [-0.05, 0) is 166 Å². The smallest absolute Gasteiger partial charge is 0.00136 e. The normalized spacial score (nSPS) is 12.8. The average molecular weight is 627 g/mol.